The Hall–Kier alpha value is -3.48. The first-order valence-corrected chi connectivity index (χ1v) is 8.78. The molecule has 0 aliphatic rings. The molecule has 4 aromatic rings. The second kappa shape index (κ2) is 7.03. The normalized spacial score (nSPS) is 11.1. The SMILES string of the molecule is Cc1cccc(-n2nnc3cnc(Nc4cccc(OC(C)C)c4)nc32)c1. The molecule has 0 unspecified atom stereocenters. The van der Waals surface area contributed by atoms with Crippen molar-refractivity contribution in [3.8, 4) is 11.4 Å². The first-order chi connectivity index (χ1) is 13.1. The second-order valence-electron chi connectivity index (χ2n) is 6.56. The van der Waals surface area contributed by atoms with Crippen molar-refractivity contribution in [2.75, 3.05) is 5.32 Å². The molecule has 2 heterocycles. The number of ether oxygens (including phenoxy) is 1. The third kappa shape index (κ3) is 3.72. The van der Waals surface area contributed by atoms with E-state index in [2.05, 4.69) is 25.6 Å². The van der Waals surface area contributed by atoms with Crippen LogP contribution in [0.2, 0.25) is 0 Å². The largest absolute Gasteiger partial charge is 0.491 e. The molecule has 1 N–H and O–H groups in total. The molecule has 2 aromatic heterocycles. The van der Waals surface area contributed by atoms with Gasteiger partial charge in [-0.2, -0.15) is 9.67 Å². The van der Waals surface area contributed by atoms with E-state index in [9.17, 15) is 0 Å². The number of fused-ring (bicyclic) bond motifs is 1. The average Bonchev–Trinajstić information content (AvgIpc) is 3.05. The van der Waals surface area contributed by atoms with Crippen molar-refractivity contribution in [1.29, 1.82) is 0 Å². The lowest BCUT2D eigenvalue weighted by Crippen LogP contribution is -2.06. The van der Waals surface area contributed by atoms with Gasteiger partial charge in [0, 0.05) is 11.8 Å². The molecule has 0 atom stereocenters. The molecular weight excluding hydrogens is 340 g/mol. The van der Waals surface area contributed by atoms with Crippen LogP contribution >= 0.6 is 0 Å². The van der Waals surface area contributed by atoms with Crippen molar-refractivity contribution in [3.63, 3.8) is 0 Å². The van der Waals surface area contributed by atoms with Crippen LogP contribution in [0.15, 0.2) is 54.7 Å². The number of nitrogens with one attached hydrogen (secondary N) is 1. The van der Waals surface area contributed by atoms with E-state index in [-0.39, 0.29) is 6.10 Å². The summed E-state index contributed by atoms with van der Waals surface area (Å²) in [5.74, 6) is 1.27. The Bertz CT molecular complexity index is 1090. The molecule has 0 bridgehead atoms. The Morgan fingerprint density at radius 2 is 1.93 bits per heavy atom. The molecule has 2 aromatic carbocycles. The van der Waals surface area contributed by atoms with E-state index >= 15 is 0 Å². The maximum Gasteiger partial charge on any atom is 0.229 e. The lowest BCUT2D eigenvalue weighted by Gasteiger charge is -2.11. The van der Waals surface area contributed by atoms with Gasteiger partial charge in [0.05, 0.1) is 18.0 Å². The molecule has 136 valence electrons. The average molecular weight is 360 g/mol. The summed E-state index contributed by atoms with van der Waals surface area (Å²) in [5, 5.41) is 11.6. The van der Waals surface area contributed by atoms with Crippen molar-refractivity contribution in [2.45, 2.75) is 26.9 Å². The van der Waals surface area contributed by atoms with Crippen molar-refractivity contribution in [3.05, 3.63) is 60.3 Å². The zero-order chi connectivity index (χ0) is 18.8. The van der Waals surface area contributed by atoms with Gasteiger partial charge in [-0.25, -0.2) is 4.98 Å². The first kappa shape index (κ1) is 17.0. The molecule has 0 amide bonds. The zero-order valence-corrected chi connectivity index (χ0v) is 15.4. The quantitative estimate of drug-likeness (QED) is 0.578. The molecule has 7 heteroatoms. The molecular formula is C20H20N6O. The number of hydrogen-bond acceptors (Lipinski definition) is 6. The second-order valence-corrected chi connectivity index (χ2v) is 6.56. The minimum absolute atomic E-state index is 0.114. The van der Waals surface area contributed by atoms with Gasteiger partial charge in [0.2, 0.25) is 5.95 Å². The fourth-order valence-electron chi connectivity index (χ4n) is 2.77. The number of aromatic nitrogens is 5. The number of nitrogens with zero attached hydrogens (tertiary/aromatic N) is 5. The Labute approximate surface area is 157 Å². The van der Waals surface area contributed by atoms with Crippen LogP contribution in [0.4, 0.5) is 11.6 Å². The van der Waals surface area contributed by atoms with Gasteiger partial charge in [0.15, 0.2) is 11.2 Å². The summed E-state index contributed by atoms with van der Waals surface area (Å²) in [6.07, 6.45) is 1.78. The van der Waals surface area contributed by atoms with E-state index in [1.165, 1.54) is 0 Å². The van der Waals surface area contributed by atoms with Gasteiger partial charge in [0.25, 0.3) is 0 Å². The van der Waals surface area contributed by atoms with Crippen molar-refractivity contribution < 1.29 is 4.74 Å². The minimum atomic E-state index is 0.114. The Morgan fingerprint density at radius 1 is 1.07 bits per heavy atom. The highest BCUT2D eigenvalue weighted by molar-refractivity contribution is 5.73. The Balaban J connectivity index is 1.67. The van der Waals surface area contributed by atoms with E-state index in [0.717, 1.165) is 22.7 Å². The molecule has 0 aliphatic carbocycles. The van der Waals surface area contributed by atoms with Gasteiger partial charge < -0.3 is 10.1 Å². The lowest BCUT2D eigenvalue weighted by molar-refractivity contribution is 0.242. The summed E-state index contributed by atoms with van der Waals surface area (Å²) < 4.78 is 7.45. The zero-order valence-electron chi connectivity index (χ0n) is 15.4. The standard InChI is InChI=1S/C20H20N6O/c1-13(2)27-17-9-5-7-15(11-17)22-20-21-12-18-19(23-20)26(25-24-18)16-8-4-6-14(3)10-16/h4-13H,1-3H3,(H,21,22,23). The van der Waals surface area contributed by atoms with E-state index in [4.69, 9.17) is 4.74 Å². The van der Waals surface area contributed by atoms with E-state index in [1.54, 1.807) is 10.9 Å². The van der Waals surface area contributed by atoms with Crippen LogP contribution in [0.1, 0.15) is 19.4 Å². The fraction of sp³-hybridized carbons (Fsp3) is 0.200. The topological polar surface area (TPSA) is 77.8 Å². The summed E-state index contributed by atoms with van der Waals surface area (Å²) >= 11 is 0. The molecule has 0 fully saturated rings. The highest BCUT2D eigenvalue weighted by atomic mass is 16.5. The highest BCUT2D eigenvalue weighted by Gasteiger charge is 2.11. The minimum Gasteiger partial charge on any atom is -0.491 e. The van der Waals surface area contributed by atoms with Crippen LogP contribution in [0.3, 0.4) is 0 Å². The van der Waals surface area contributed by atoms with Crippen molar-refractivity contribution in [1.82, 2.24) is 25.0 Å². The summed E-state index contributed by atoms with van der Waals surface area (Å²) in [4.78, 5) is 8.94. The number of hydrogen-bond donors (Lipinski definition) is 1. The molecule has 4 rings (SSSR count). The maximum absolute atomic E-state index is 5.73. The van der Waals surface area contributed by atoms with E-state index in [1.807, 2.05) is 69.3 Å². The number of benzene rings is 2. The van der Waals surface area contributed by atoms with Gasteiger partial charge in [-0.05, 0) is 50.6 Å². The Morgan fingerprint density at radius 3 is 2.74 bits per heavy atom. The van der Waals surface area contributed by atoms with Crippen LogP contribution in [0.5, 0.6) is 5.75 Å². The smallest absolute Gasteiger partial charge is 0.229 e. The fourth-order valence-corrected chi connectivity index (χ4v) is 2.77. The van der Waals surface area contributed by atoms with Gasteiger partial charge in [0.1, 0.15) is 5.75 Å². The Kier molecular flexibility index (Phi) is 4.42. The molecule has 0 saturated heterocycles. The summed E-state index contributed by atoms with van der Waals surface area (Å²) in [5.41, 5.74) is 4.19. The number of aryl methyl sites for hydroxylation is 1. The van der Waals surface area contributed by atoms with Gasteiger partial charge in [-0.3, -0.25) is 0 Å². The van der Waals surface area contributed by atoms with E-state index in [0.29, 0.717) is 17.1 Å². The van der Waals surface area contributed by atoms with Crippen molar-refractivity contribution in [2.24, 2.45) is 0 Å². The molecule has 7 nitrogen and oxygen atoms in total. The van der Waals surface area contributed by atoms with Crippen LogP contribution in [-0.2, 0) is 0 Å². The van der Waals surface area contributed by atoms with E-state index < -0.39 is 0 Å². The molecule has 27 heavy (non-hydrogen) atoms. The van der Waals surface area contributed by atoms with Gasteiger partial charge in [-0.15, -0.1) is 5.10 Å². The van der Waals surface area contributed by atoms with Crippen molar-refractivity contribution >= 4 is 22.8 Å². The predicted molar refractivity (Wildman–Crippen MR) is 105 cm³/mol. The molecule has 0 radical (unpaired) electrons. The van der Waals surface area contributed by atoms with Crippen LogP contribution in [-0.4, -0.2) is 31.1 Å². The molecule has 0 spiro atoms. The number of anilines is 2. The third-order valence-corrected chi connectivity index (χ3v) is 3.90. The summed E-state index contributed by atoms with van der Waals surface area (Å²) in [6, 6.07) is 15.7. The first-order valence-electron chi connectivity index (χ1n) is 8.78. The van der Waals surface area contributed by atoms with Gasteiger partial charge >= 0.3 is 0 Å². The number of rotatable bonds is 5. The van der Waals surface area contributed by atoms with Crippen LogP contribution < -0.4 is 10.1 Å². The van der Waals surface area contributed by atoms with Gasteiger partial charge in [-0.1, -0.05) is 23.4 Å². The maximum atomic E-state index is 5.73. The summed E-state index contributed by atoms with van der Waals surface area (Å²) in [6.45, 7) is 6.03. The molecule has 0 saturated carbocycles. The van der Waals surface area contributed by atoms with Crippen LogP contribution in [0, 0.1) is 6.92 Å². The summed E-state index contributed by atoms with van der Waals surface area (Å²) in [7, 11) is 0. The van der Waals surface area contributed by atoms with Crippen LogP contribution in [0.25, 0.3) is 16.9 Å². The molecule has 0 aliphatic heterocycles. The lowest BCUT2D eigenvalue weighted by atomic mass is 10.2. The monoisotopic (exact) mass is 360 g/mol. The predicted octanol–water partition coefficient (Wildman–Crippen LogP) is 4.05. The highest BCUT2D eigenvalue weighted by Crippen LogP contribution is 2.22. The third-order valence-electron chi connectivity index (χ3n) is 3.90.